The maximum Gasteiger partial charge on any atom is 0.251 e. The van der Waals surface area contributed by atoms with Crippen LogP contribution in [0.15, 0.2) is 18.2 Å². The summed E-state index contributed by atoms with van der Waals surface area (Å²) in [6.45, 7) is 8.02. The van der Waals surface area contributed by atoms with Crippen LogP contribution in [-0.2, 0) is 4.79 Å². The zero-order valence-corrected chi connectivity index (χ0v) is 11.3. The molecule has 0 spiro atoms. The number of benzene rings is 1. The van der Waals surface area contributed by atoms with Crippen LogP contribution in [0.25, 0.3) is 0 Å². The van der Waals surface area contributed by atoms with Crippen LogP contribution in [0.5, 0.6) is 0 Å². The van der Waals surface area contributed by atoms with Gasteiger partial charge in [0.15, 0.2) is 0 Å². The Kier molecular flexibility index (Phi) is 4.89. The topological polar surface area (TPSA) is 58.2 Å². The molecule has 0 saturated carbocycles. The van der Waals surface area contributed by atoms with E-state index in [4.69, 9.17) is 0 Å². The first kappa shape index (κ1) is 14.2. The summed E-state index contributed by atoms with van der Waals surface area (Å²) < 4.78 is 0. The van der Waals surface area contributed by atoms with Crippen molar-refractivity contribution in [2.45, 2.75) is 33.7 Å². The molecule has 4 heteroatoms. The molecule has 1 aromatic carbocycles. The zero-order valence-electron chi connectivity index (χ0n) is 11.3. The van der Waals surface area contributed by atoms with Gasteiger partial charge in [0.2, 0.25) is 5.91 Å². The van der Waals surface area contributed by atoms with Gasteiger partial charge in [-0.3, -0.25) is 9.59 Å². The molecule has 4 nitrogen and oxygen atoms in total. The number of amides is 2. The monoisotopic (exact) mass is 248 g/mol. The summed E-state index contributed by atoms with van der Waals surface area (Å²) in [6, 6.07) is 4.97. The first-order valence-corrected chi connectivity index (χ1v) is 6.11. The molecule has 0 bridgehead atoms. The van der Waals surface area contributed by atoms with Gasteiger partial charge in [0.05, 0.1) is 0 Å². The highest BCUT2D eigenvalue weighted by molar-refractivity contribution is 5.97. The lowest BCUT2D eigenvalue weighted by molar-refractivity contribution is -0.122. The second-order valence-electron chi connectivity index (χ2n) is 4.39. The number of carbonyl (C=O) groups is 2. The van der Waals surface area contributed by atoms with E-state index >= 15 is 0 Å². The lowest BCUT2D eigenvalue weighted by Gasteiger charge is -2.13. The second-order valence-corrected chi connectivity index (χ2v) is 4.39. The van der Waals surface area contributed by atoms with Gasteiger partial charge in [0.25, 0.3) is 5.91 Å². The van der Waals surface area contributed by atoms with E-state index in [1.807, 2.05) is 32.9 Å². The van der Waals surface area contributed by atoms with Gasteiger partial charge in [-0.2, -0.15) is 0 Å². The summed E-state index contributed by atoms with van der Waals surface area (Å²) in [5.41, 5.74) is 2.78. The van der Waals surface area contributed by atoms with E-state index in [0.29, 0.717) is 12.1 Å². The lowest BCUT2D eigenvalue weighted by atomic mass is 10.1. The molecule has 2 amide bonds. The van der Waals surface area contributed by atoms with E-state index in [-0.39, 0.29) is 11.8 Å². The second kappa shape index (κ2) is 6.19. The van der Waals surface area contributed by atoms with Gasteiger partial charge < -0.3 is 10.6 Å². The van der Waals surface area contributed by atoms with Crippen molar-refractivity contribution in [1.82, 2.24) is 10.6 Å². The van der Waals surface area contributed by atoms with E-state index < -0.39 is 6.04 Å². The van der Waals surface area contributed by atoms with Crippen molar-refractivity contribution in [3.05, 3.63) is 34.9 Å². The van der Waals surface area contributed by atoms with Gasteiger partial charge in [-0.05, 0) is 51.0 Å². The summed E-state index contributed by atoms with van der Waals surface area (Å²) in [5, 5.41) is 5.35. The number of likely N-dealkylation sites (N-methyl/N-ethyl adjacent to an activating group) is 1. The van der Waals surface area contributed by atoms with Gasteiger partial charge in [0.1, 0.15) is 6.04 Å². The molecular weight excluding hydrogens is 228 g/mol. The fourth-order valence-corrected chi connectivity index (χ4v) is 1.56. The van der Waals surface area contributed by atoms with Crippen molar-refractivity contribution in [2.75, 3.05) is 6.54 Å². The SMILES string of the molecule is CCNC(=O)C(C)NC(=O)c1ccc(C)c(C)c1. The normalized spacial score (nSPS) is 11.8. The Morgan fingerprint density at radius 1 is 1.22 bits per heavy atom. The average molecular weight is 248 g/mol. The maximum absolute atomic E-state index is 11.9. The van der Waals surface area contributed by atoms with Crippen molar-refractivity contribution < 1.29 is 9.59 Å². The van der Waals surface area contributed by atoms with Crippen molar-refractivity contribution in [3.63, 3.8) is 0 Å². The molecule has 0 aromatic heterocycles. The fraction of sp³-hybridized carbons (Fsp3) is 0.429. The van der Waals surface area contributed by atoms with Crippen LogP contribution in [0, 0.1) is 13.8 Å². The van der Waals surface area contributed by atoms with Crippen LogP contribution >= 0.6 is 0 Å². The van der Waals surface area contributed by atoms with E-state index in [9.17, 15) is 9.59 Å². The van der Waals surface area contributed by atoms with Crippen LogP contribution in [0.2, 0.25) is 0 Å². The number of hydrogen-bond donors (Lipinski definition) is 2. The number of rotatable bonds is 4. The fourth-order valence-electron chi connectivity index (χ4n) is 1.56. The van der Waals surface area contributed by atoms with E-state index in [2.05, 4.69) is 10.6 Å². The molecule has 0 saturated heterocycles. The highest BCUT2D eigenvalue weighted by Gasteiger charge is 2.15. The molecule has 1 aromatic rings. The molecule has 0 fully saturated rings. The summed E-state index contributed by atoms with van der Waals surface area (Å²) >= 11 is 0. The third-order valence-corrected chi connectivity index (χ3v) is 2.86. The van der Waals surface area contributed by atoms with Gasteiger partial charge in [-0.1, -0.05) is 6.07 Å². The van der Waals surface area contributed by atoms with Gasteiger partial charge in [-0.15, -0.1) is 0 Å². The molecule has 1 unspecified atom stereocenters. The smallest absolute Gasteiger partial charge is 0.251 e. The molecule has 1 atom stereocenters. The van der Waals surface area contributed by atoms with E-state index in [1.54, 1.807) is 13.0 Å². The van der Waals surface area contributed by atoms with E-state index in [0.717, 1.165) is 11.1 Å². The van der Waals surface area contributed by atoms with Gasteiger partial charge in [-0.25, -0.2) is 0 Å². The van der Waals surface area contributed by atoms with Crippen LogP contribution in [0.3, 0.4) is 0 Å². The highest BCUT2D eigenvalue weighted by atomic mass is 16.2. The van der Waals surface area contributed by atoms with Crippen LogP contribution in [-0.4, -0.2) is 24.4 Å². The summed E-state index contributed by atoms with van der Waals surface area (Å²) in [6.07, 6.45) is 0. The Labute approximate surface area is 108 Å². The predicted molar refractivity (Wildman–Crippen MR) is 71.5 cm³/mol. The molecular formula is C14H20N2O2. The molecule has 2 N–H and O–H groups in total. The van der Waals surface area contributed by atoms with Crippen molar-refractivity contribution >= 4 is 11.8 Å². The maximum atomic E-state index is 11.9. The Morgan fingerprint density at radius 3 is 2.44 bits per heavy atom. The third kappa shape index (κ3) is 3.58. The predicted octanol–water partition coefficient (Wildman–Crippen LogP) is 1.56. The van der Waals surface area contributed by atoms with Crippen molar-refractivity contribution in [3.8, 4) is 0 Å². The Hall–Kier alpha value is -1.84. The Balaban J connectivity index is 2.70. The van der Waals surface area contributed by atoms with Crippen LogP contribution in [0.1, 0.15) is 35.3 Å². The molecule has 0 heterocycles. The molecule has 0 aliphatic rings. The Bertz CT molecular complexity index is 455. The van der Waals surface area contributed by atoms with E-state index in [1.165, 1.54) is 0 Å². The average Bonchev–Trinajstić information content (AvgIpc) is 2.32. The minimum absolute atomic E-state index is 0.172. The third-order valence-electron chi connectivity index (χ3n) is 2.86. The first-order valence-electron chi connectivity index (χ1n) is 6.11. The quantitative estimate of drug-likeness (QED) is 0.849. The minimum Gasteiger partial charge on any atom is -0.355 e. The molecule has 0 aliphatic carbocycles. The molecule has 18 heavy (non-hydrogen) atoms. The molecule has 98 valence electrons. The van der Waals surface area contributed by atoms with Crippen LogP contribution < -0.4 is 10.6 Å². The number of nitrogens with one attached hydrogen (secondary N) is 2. The summed E-state index contributed by atoms with van der Waals surface area (Å²) in [7, 11) is 0. The minimum atomic E-state index is -0.529. The molecule has 0 radical (unpaired) electrons. The first-order chi connectivity index (χ1) is 8.45. The molecule has 1 rings (SSSR count). The Morgan fingerprint density at radius 2 is 1.89 bits per heavy atom. The number of carbonyl (C=O) groups excluding carboxylic acids is 2. The number of aryl methyl sites for hydroxylation is 2. The molecule has 0 aliphatic heterocycles. The standard InChI is InChI=1S/C14H20N2O2/c1-5-15-13(17)11(4)16-14(18)12-7-6-9(2)10(3)8-12/h6-8,11H,5H2,1-4H3,(H,15,17)(H,16,18). The van der Waals surface area contributed by atoms with Crippen molar-refractivity contribution in [1.29, 1.82) is 0 Å². The zero-order chi connectivity index (χ0) is 13.7. The van der Waals surface area contributed by atoms with Gasteiger partial charge >= 0.3 is 0 Å². The van der Waals surface area contributed by atoms with Crippen molar-refractivity contribution in [2.24, 2.45) is 0 Å². The highest BCUT2D eigenvalue weighted by Crippen LogP contribution is 2.09. The summed E-state index contributed by atoms with van der Waals surface area (Å²) in [5.74, 6) is -0.397. The lowest BCUT2D eigenvalue weighted by Crippen LogP contribution is -2.44. The van der Waals surface area contributed by atoms with Gasteiger partial charge in [0, 0.05) is 12.1 Å². The largest absolute Gasteiger partial charge is 0.355 e. The summed E-state index contributed by atoms with van der Waals surface area (Å²) in [4.78, 5) is 23.4. The number of hydrogen-bond acceptors (Lipinski definition) is 2. The van der Waals surface area contributed by atoms with Crippen LogP contribution in [0.4, 0.5) is 0 Å².